The number of rotatable bonds is 3. The zero-order valence-electron chi connectivity index (χ0n) is 11.1. The van der Waals surface area contributed by atoms with Gasteiger partial charge in [0.2, 0.25) is 5.91 Å². The van der Waals surface area contributed by atoms with Gasteiger partial charge in [0.05, 0.1) is 0 Å². The maximum Gasteiger partial charge on any atom is 0.227 e. The van der Waals surface area contributed by atoms with Crippen LogP contribution in [0.15, 0.2) is 0 Å². The van der Waals surface area contributed by atoms with Crippen LogP contribution in [0.4, 0.5) is 0 Å². The molecule has 0 aromatic carbocycles. The highest BCUT2D eigenvalue weighted by Crippen LogP contribution is 2.26. The summed E-state index contributed by atoms with van der Waals surface area (Å²) in [5.41, 5.74) is -0.271. The number of hydrogen-bond acceptors (Lipinski definition) is 1. The monoisotopic (exact) mass is 224 g/mol. The van der Waals surface area contributed by atoms with Crippen molar-refractivity contribution in [1.29, 1.82) is 0 Å². The van der Waals surface area contributed by atoms with Crippen LogP contribution in [0.3, 0.4) is 0 Å². The molecule has 0 unspecified atom stereocenters. The van der Waals surface area contributed by atoms with E-state index in [1.54, 1.807) is 0 Å². The van der Waals surface area contributed by atoms with Crippen LogP contribution in [0.1, 0.15) is 52.9 Å². The molecular formula is C14H26NO. The standard InChI is InChI=1S/C14H26NO/c1-5-15(13(16)14(2,3)4)11-12-9-7-6-8-10-12/h12H,1,5-11H2,2-4H3. The molecule has 0 N–H and O–H groups in total. The Labute approximate surface area is 100 Å². The van der Waals surface area contributed by atoms with E-state index in [-0.39, 0.29) is 11.3 Å². The fourth-order valence-corrected chi connectivity index (χ4v) is 2.43. The quantitative estimate of drug-likeness (QED) is 0.720. The van der Waals surface area contributed by atoms with Crippen LogP contribution in [-0.4, -0.2) is 23.9 Å². The summed E-state index contributed by atoms with van der Waals surface area (Å²) in [6.45, 7) is 11.4. The molecule has 1 aliphatic rings. The van der Waals surface area contributed by atoms with Gasteiger partial charge in [-0.25, -0.2) is 0 Å². The minimum atomic E-state index is -0.271. The van der Waals surface area contributed by atoms with Gasteiger partial charge in [-0.05, 0) is 25.7 Å². The molecule has 0 bridgehead atoms. The second-order valence-electron chi connectivity index (χ2n) is 6.01. The highest BCUT2D eigenvalue weighted by molar-refractivity contribution is 5.81. The van der Waals surface area contributed by atoms with E-state index in [0.717, 1.165) is 6.54 Å². The van der Waals surface area contributed by atoms with Gasteiger partial charge < -0.3 is 4.90 Å². The Morgan fingerprint density at radius 2 is 1.81 bits per heavy atom. The second kappa shape index (κ2) is 5.70. The summed E-state index contributed by atoms with van der Waals surface area (Å²) in [5, 5.41) is 0. The summed E-state index contributed by atoms with van der Waals surface area (Å²) < 4.78 is 0. The molecule has 0 atom stereocenters. The third-order valence-corrected chi connectivity index (χ3v) is 3.40. The molecule has 1 radical (unpaired) electrons. The van der Waals surface area contributed by atoms with Gasteiger partial charge in [0.25, 0.3) is 0 Å². The van der Waals surface area contributed by atoms with E-state index in [4.69, 9.17) is 0 Å². The normalized spacial score (nSPS) is 18.5. The maximum absolute atomic E-state index is 12.2. The predicted octanol–water partition coefficient (Wildman–Crippen LogP) is 3.28. The summed E-state index contributed by atoms with van der Waals surface area (Å²) in [7, 11) is 0. The number of nitrogens with zero attached hydrogens (tertiary/aromatic N) is 1. The zero-order chi connectivity index (χ0) is 12.2. The first-order valence-corrected chi connectivity index (χ1v) is 6.53. The van der Waals surface area contributed by atoms with E-state index < -0.39 is 0 Å². The van der Waals surface area contributed by atoms with Crippen molar-refractivity contribution in [1.82, 2.24) is 4.90 Å². The number of amides is 1. The van der Waals surface area contributed by atoms with Crippen LogP contribution < -0.4 is 0 Å². The van der Waals surface area contributed by atoms with Crippen LogP contribution in [0.2, 0.25) is 0 Å². The molecule has 16 heavy (non-hydrogen) atoms. The van der Waals surface area contributed by atoms with Gasteiger partial charge in [-0.15, -0.1) is 0 Å². The van der Waals surface area contributed by atoms with Crippen molar-refractivity contribution in [3.05, 3.63) is 6.92 Å². The Morgan fingerprint density at radius 3 is 2.25 bits per heavy atom. The Kier molecular flexibility index (Phi) is 4.82. The van der Waals surface area contributed by atoms with Crippen LogP contribution in [0.5, 0.6) is 0 Å². The first-order valence-electron chi connectivity index (χ1n) is 6.53. The fraction of sp³-hybridized carbons (Fsp3) is 0.857. The second-order valence-corrected chi connectivity index (χ2v) is 6.01. The lowest BCUT2D eigenvalue weighted by molar-refractivity contribution is -0.139. The van der Waals surface area contributed by atoms with Crippen molar-refractivity contribution in [2.24, 2.45) is 11.3 Å². The van der Waals surface area contributed by atoms with Gasteiger partial charge >= 0.3 is 0 Å². The molecule has 0 saturated heterocycles. The summed E-state index contributed by atoms with van der Waals surface area (Å²) in [4.78, 5) is 14.1. The van der Waals surface area contributed by atoms with Crippen molar-refractivity contribution >= 4 is 5.91 Å². The molecule has 0 spiro atoms. The minimum Gasteiger partial charge on any atom is -0.342 e. The van der Waals surface area contributed by atoms with E-state index in [1.807, 2.05) is 25.7 Å². The van der Waals surface area contributed by atoms with E-state index in [9.17, 15) is 4.79 Å². The topological polar surface area (TPSA) is 20.3 Å². The SMILES string of the molecule is [CH2]CN(CC1CCCCC1)C(=O)C(C)(C)C. The van der Waals surface area contributed by atoms with Gasteiger partial charge in [0.1, 0.15) is 0 Å². The van der Waals surface area contributed by atoms with Gasteiger partial charge in [-0.2, -0.15) is 0 Å². The zero-order valence-corrected chi connectivity index (χ0v) is 11.1. The van der Waals surface area contributed by atoms with Crippen LogP contribution in [-0.2, 0) is 4.79 Å². The molecule has 1 saturated carbocycles. The number of carbonyl (C=O) groups is 1. The molecule has 0 heterocycles. The Morgan fingerprint density at radius 1 is 1.25 bits per heavy atom. The Balaban J connectivity index is 2.50. The largest absolute Gasteiger partial charge is 0.342 e. The number of carbonyl (C=O) groups excluding carboxylic acids is 1. The van der Waals surface area contributed by atoms with Crippen LogP contribution in [0.25, 0.3) is 0 Å². The van der Waals surface area contributed by atoms with E-state index in [1.165, 1.54) is 32.1 Å². The average Bonchev–Trinajstić information content (AvgIpc) is 2.25. The van der Waals surface area contributed by atoms with Gasteiger partial charge in [-0.1, -0.05) is 40.0 Å². The van der Waals surface area contributed by atoms with Crippen molar-refractivity contribution in [2.45, 2.75) is 52.9 Å². The Bertz CT molecular complexity index is 223. The summed E-state index contributed by atoms with van der Waals surface area (Å²) in [6, 6.07) is 0. The molecular weight excluding hydrogens is 198 g/mol. The molecule has 0 aliphatic heterocycles. The third-order valence-electron chi connectivity index (χ3n) is 3.40. The Hall–Kier alpha value is -0.530. The van der Waals surface area contributed by atoms with Crippen molar-refractivity contribution in [3.8, 4) is 0 Å². The van der Waals surface area contributed by atoms with Gasteiger partial charge in [0, 0.05) is 18.5 Å². The van der Waals surface area contributed by atoms with Crippen LogP contribution in [0, 0.1) is 18.3 Å². The minimum absolute atomic E-state index is 0.244. The first-order chi connectivity index (χ1) is 7.45. The average molecular weight is 224 g/mol. The summed E-state index contributed by atoms with van der Waals surface area (Å²) >= 11 is 0. The number of hydrogen-bond donors (Lipinski definition) is 0. The fourth-order valence-electron chi connectivity index (χ4n) is 2.43. The molecule has 1 aliphatic carbocycles. The predicted molar refractivity (Wildman–Crippen MR) is 68.0 cm³/mol. The summed E-state index contributed by atoms with van der Waals surface area (Å²) in [5.74, 6) is 0.954. The smallest absolute Gasteiger partial charge is 0.227 e. The maximum atomic E-state index is 12.2. The highest BCUT2D eigenvalue weighted by atomic mass is 16.2. The molecule has 93 valence electrons. The lowest BCUT2D eigenvalue weighted by Gasteiger charge is -2.33. The van der Waals surface area contributed by atoms with Crippen molar-refractivity contribution in [3.63, 3.8) is 0 Å². The van der Waals surface area contributed by atoms with E-state index >= 15 is 0 Å². The molecule has 1 amide bonds. The lowest BCUT2D eigenvalue weighted by Crippen LogP contribution is -2.42. The van der Waals surface area contributed by atoms with Gasteiger partial charge in [0.15, 0.2) is 0 Å². The van der Waals surface area contributed by atoms with E-state index in [0.29, 0.717) is 12.5 Å². The molecule has 0 aromatic rings. The van der Waals surface area contributed by atoms with Crippen molar-refractivity contribution in [2.75, 3.05) is 13.1 Å². The molecule has 1 fully saturated rings. The highest BCUT2D eigenvalue weighted by Gasteiger charge is 2.28. The first kappa shape index (κ1) is 13.5. The van der Waals surface area contributed by atoms with Crippen LogP contribution >= 0.6 is 0 Å². The molecule has 2 heteroatoms. The summed E-state index contributed by atoms with van der Waals surface area (Å²) in [6.07, 6.45) is 6.61. The molecule has 1 rings (SSSR count). The molecule has 0 aromatic heterocycles. The van der Waals surface area contributed by atoms with E-state index in [2.05, 4.69) is 6.92 Å². The molecule has 2 nitrogen and oxygen atoms in total. The third kappa shape index (κ3) is 3.80. The lowest BCUT2D eigenvalue weighted by atomic mass is 9.88. The van der Waals surface area contributed by atoms with Gasteiger partial charge in [-0.3, -0.25) is 4.79 Å². The van der Waals surface area contributed by atoms with Crippen molar-refractivity contribution < 1.29 is 4.79 Å².